The summed E-state index contributed by atoms with van der Waals surface area (Å²) < 4.78 is 18.1. The van der Waals surface area contributed by atoms with E-state index < -0.39 is 21.0 Å². The molecular weight excluding hydrogens is 460 g/mol. The van der Waals surface area contributed by atoms with E-state index in [-0.39, 0.29) is 18.9 Å². The van der Waals surface area contributed by atoms with Crippen molar-refractivity contribution in [1.82, 2.24) is 5.09 Å². The van der Waals surface area contributed by atoms with Crippen LogP contribution in [0.25, 0.3) is 0 Å². The molecule has 0 fully saturated rings. The molecule has 0 spiro atoms. The van der Waals surface area contributed by atoms with Crippen molar-refractivity contribution in [3.63, 3.8) is 0 Å². The molecule has 0 aliphatic rings. The Kier molecular flexibility index (Phi) is 8.01. The number of nitrogens with one attached hydrogen (secondary N) is 1. The third kappa shape index (κ3) is 6.28. The van der Waals surface area contributed by atoms with Gasteiger partial charge < -0.3 is 4.74 Å². The summed E-state index contributed by atoms with van der Waals surface area (Å²) in [4.78, 5) is 30.8. The number of ether oxygens (including phenoxy) is 1. The summed E-state index contributed by atoms with van der Waals surface area (Å²) in [6.07, 6.45) is 0.129. The molecule has 0 unspecified atom stereocenters. The molecule has 0 saturated carbocycles. The fourth-order valence-corrected chi connectivity index (χ4v) is 7.64. The number of hydrogen-bond donors (Lipinski definition) is 4. The summed E-state index contributed by atoms with van der Waals surface area (Å²) in [6, 6.07) is 29.9. The SMILES string of the molecule is C[N+](CC(=O)OC[P+](c1ccccc1)(c1ccccc1)c1ccccc1)=C(N)NP(=O)(O)O. The van der Waals surface area contributed by atoms with Crippen molar-refractivity contribution < 1.29 is 28.5 Å². The van der Waals surface area contributed by atoms with Gasteiger partial charge in [-0.3, -0.25) is 20.1 Å². The number of rotatable bonds is 8. The smallest absolute Gasteiger partial charge is 0.426 e. The van der Waals surface area contributed by atoms with Crippen molar-refractivity contribution in [1.29, 1.82) is 0 Å². The number of esters is 1. The average molecular weight is 487 g/mol. The highest BCUT2D eigenvalue weighted by Gasteiger charge is 2.47. The standard InChI is InChI=1S/C23H25N3O5P2/c1-26(23(24)25-33(28,29)30)17-22(27)31-18-32(19-11-5-2-6-12-19,20-13-7-3-8-14-20)21-15-9-4-10-16-21/h2-16H,17-18H2,1H3,(H3-,24,25,28,29,30)/p+2. The zero-order valence-electron chi connectivity index (χ0n) is 18.1. The molecule has 3 aromatic carbocycles. The van der Waals surface area contributed by atoms with Gasteiger partial charge in [-0.25, -0.2) is 9.36 Å². The topological polar surface area (TPSA) is 125 Å². The van der Waals surface area contributed by atoms with Crippen LogP contribution in [0.2, 0.25) is 0 Å². The zero-order valence-corrected chi connectivity index (χ0v) is 19.9. The Bertz CT molecular complexity index is 1060. The summed E-state index contributed by atoms with van der Waals surface area (Å²) in [7, 11) is -5.49. The van der Waals surface area contributed by atoms with E-state index in [1.54, 1.807) is 0 Å². The largest absolute Gasteiger partial charge is 0.489 e. The number of benzene rings is 3. The van der Waals surface area contributed by atoms with Crippen LogP contribution < -0.4 is 26.7 Å². The van der Waals surface area contributed by atoms with Gasteiger partial charge in [0.05, 0.1) is 7.05 Å². The van der Waals surface area contributed by atoms with Crippen molar-refractivity contribution in [3.8, 4) is 0 Å². The van der Waals surface area contributed by atoms with Crippen molar-refractivity contribution in [3.05, 3.63) is 91.0 Å². The molecule has 0 saturated heterocycles. The first-order chi connectivity index (χ1) is 15.7. The predicted molar refractivity (Wildman–Crippen MR) is 132 cm³/mol. The number of hydrogen-bond acceptors (Lipinski definition) is 3. The number of guanidine groups is 1. The lowest BCUT2D eigenvalue weighted by Crippen LogP contribution is -2.40. The highest BCUT2D eigenvalue weighted by atomic mass is 31.2. The number of carbonyl (C=O) groups is 1. The summed E-state index contributed by atoms with van der Waals surface area (Å²) in [5, 5.41) is 5.06. The molecule has 0 aliphatic carbocycles. The van der Waals surface area contributed by atoms with Crippen molar-refractivity contribution >= 4 is 42.9 Å². The Morgan fingerprint density at radius 2 is 1.30 bits per heavy atom. The summed E-state index contributed by atoms with van der Waals surface area (Å²) >= 11 is 0. The second-order valence-electron chi connectivity index (χ2n) is 7.36. The molecule has 0 amide bonds. The number of nitrogens with zero attached hydrogens (tertiary/aromatic N) is 1. The van der Waals surface area contributed by atoms with E-state index in [0.29, 0.717) is 0 Å². The zero-order chi connectivity index (χ0) is 23.9. The van der Waals surface area contributed by atoms with Crippen molar-refractivity contribution in [2.24, 2.45) is 5.73 Å². The fraction of sp³-hybridized carbons (Fsp3) is 0.130. The van der Waals surface area contributed by atoms with Crippen molar-refractivity contribution in [2.75, 3.05) is 19.9 Å². The predicted octanol–water partition coefficient (Wildman–Crippen LogP) is 1.12. The lowest BCUT2D eigenvalue weighted by Gasteiger charge is -2.26. The maximum Gasteiger partial charge on any atom is 0.489 e. The van der Waals surface area contributed by atoms with Gasteiger partial charge in [-0.1, -0.05) is 54.6 Å². The van der Waals surface area contributed by atoms with Crippen LogP contribution in [0, 0.1) is 0 Å². The van der Waals surface area contributed by atoms with Gasteiger partial charge in [-0.05, 0) is 36.4 Å². The molecule has 0 radical (unpaired) electrons. The van der Waals surface area contributed by atoms with Gasteiger partial charge in [0, 0.05) is 0 Å². The third-order valence-corrected chi connectivity index (χ3v) is 9.62. The van der Waals surface area contributed by atoms with E-state index in [1.807, 2.05) is 96.1 Å². The Hall–Kier alpha value is -3.02. The van der Waals surface area contributed by atoms with Gasteiger partial charge >= 0.3 is 19.7 Å². The minimum Gasteiger partial charge on any atom is -0.426 e. The quantitative estimate of drug-likeness (QED) is 0.123. The Balaban J connectivity index is 1.97. The van der Waals surface area contributed by atoms with Gasteiger partial charge in [0.1, 0.15) is 15.9 Å². The Morgan fingerprint density at radius 3 is 1.67 bits per heavy atom. The third-order valence-electron chi connectivity index (χ3n) is 5.05. The van der Waals surface area contributed by atoms with E-state index in [2.05, 4.69) is 0 Å². The number of likely N-dealkylation sites (N-methyl/N-ethyl adjacent to an activating group) is 1. The van der Waals surface area contributed by atoms with Crippen LogP contribution in [-0.4, -0.2) is 46.2 Å². The number of carbonyl (C=O) groups excluding carboxylic acids is 1. The number of nitrogens with two attached hydrogens (primary N) is 1. The minimum absolute atomic E-state index is 0.129. The molecule has 8 nitrogen and oxygen atoms in total. The molecular formula is C23H27N3O5P2+2. The lowest BCUT2D eigenvalue weighted by molar-refractivity contribution is -0.490. The molecule has 5 N–H and O–H groups in total. The first-order valence-electron chi connectivity index (χ1n) is 10.1. The normalized spacial score (nSPS) is 12.6. The Morgan fingerprint density at radius 1 is 0.909 bits per heavy atom. The summed E-state index contributed by atoms with van der Waals surface area (Å²) in [6.45, 7) is -0.281. The molecule has 0 heterocycles. The molecule has 172 valence electrons. The monoisotopic (exact) mass is 487 g/mol. The molecule has 3 aromatic rings. The molecule has 3 rings (SSSR count). The fourth-order valence-electron chi connectivity index (χ4n) is 3.45. The van der Waals surface area contributed by atoms with Gasteiger partial charge in [0.2, 0.25) is 6.35 Å². The first kappa shape index (κ1) is 24.6. The van der Waals surface area contributed by atoms with Crippen LogP contribution in [0.1, 0.15) is 0 Å². The summed E-state index contributed by atoms with van der Waals surface area (Å²) in [5.41, 5.74) is 5.65. The van der Waals surface area contributed by atoms with Crippen LogP contribution in [0.4, 0.5) is 0 Å². The molecule has 33 heavy (non-hydrogen) atoms. The molecule has 0 aliphatic heterocycles. The average Bonchev–Trinajstić information content (AvgIpc) is 2.80. The van der Waals surface area contributed by atoms with E-state index in [9.17, 15) is 9.36 Å². The second kappa shape index (κ2) is 10.7. The van der Waals surface area contributed by atoms with Crippen LogP contribution in [-0.2, 0) is 14.1 Å². The molecule has 0 atom stereocenters. The van der Waals surface area contributed by atoms with Gasteiger partial charge in [0.15, 0.2) is 13.8 Å². The highest BCUT2D eigenvalue weighted by Crippen LogP contribution is 2.55. The summed E-state index contributed by atoms with van der Waals surface area (Å²) in [5.74, 6) is -0.893. The Labute approximate surface area is 193 Å². The van der Waals surface area contributed by atoms with Crippen LogP contribution in [0.15, 0.2) is 91.0 Å². The van der Waals surface area contributed by atoms with Crippen molar-refractivity contribution in [2.45, 2.75) is 0 Å². The first-order valence-corrected chi connectivity index (χ1v) is 13.7. The molecule has 0 aromatic heterocycles. The van der Waals surface area contributed by atoms with E-state index in [4.69, 9.17) is 20.3 Å². The highest BCUT2D eigenvalue weighted by molar-refractivity contribution is 7.95. The maximum absolute atomic E-state index is 12.7. The van der Waals surface area contributed by atoms with E-state index in [0.717, 1.165) is 15.9 Å². The molecule has 0 bridgehead atoms. The van der Waals surface area contributed by atoms with E-state index >= 15 is 0 Å². The van der Waals surface area contributed by atoms with Gasteiger partial charge in [-0.2, -0.15) is 5.09 Å². The van der Waals surface area contributed by atoms with Gasteiger partial charge in [-0.15, -0.1) is 0 Å². The van der Waals surface area contributed by atoms with Crippen LogP contribution >= 0.6 is 15.0 Å². The maximum atomic E-state index is 12.7. The van der Waals surface area contributed by atoms with Crippen LogP contribution in [0.3, 0.4) is 0 Å². The lowest BCUT2D eigenvalue weighted by atomic mass is 10.4. The van der Waals surface area contributed by atoms with Gasteiger partial charge in [0.25, 0.3) is 0 Å². The minimum atomic E-state index is -4.58. The second-order valence-corrected chi connectivity index (χ2v) is 12.1. The molecule has 10 heteroatoms. The van der Waals surface area contributed by atoms with E-state index in [1.165, 1.54) is 11.6 Å². The van der Waals surface area contributed by atoms with Crippen LogP contribution in [0.5, 0.6) is 0 Å².